The van der Waals surface area contributed by atoms with Gasteiger partial charge in [-0.05, 0) is 36.8 Å². The summed E-state index contributed by atoms with van der Waals surface area (Å²) >= 11 is 0. The van der Waals surface area contributed by atoms with Gasteiger partial charge in [-0.25, -0.2) is 0 Å². The molecule has 9 heteroatoms. The first kappa shape index (κ1) is 16.3. The van der Waals surface area contributed by atoms with E-state index in [4.69, 9.17) is 9.47 Å². The molecule has 0 radical (unpaired) electrons. The van der Waals surface area contributed by atoms with Crippen LogP contribution in [-0.2, 0) is 0 Å². The SMILES string of the molecule is OCC1CCN(c2ccc3nnc(-c4ccc5c(c4)OCO5)n3n2)CC1O. The number of aliphatic hydroxyl groups excluding tert-OH is 2. The van der Waals surface area contributed by atoms with Gasteiger partial charge in [0.15, 0.2) is 23.0 Å². The Kier molecular flexibility index (Phi) is 3.83. The first-order valence-corrected chi connectivity index (χ1v) is 8.89. The Morgan fingerprint density at radius 1 is 1.11 bits per heavy atom. The molecule has 140 valence electrons. The number of anilines is 1. The number of fused-ring (bicyclic) bond motifs is 2. The van der Waals surface area contributed by atoms with Crippen LogP contribution in [0, 0.1) is 5.92 Å². The third kappa shape index (κ3) is 2.75. The van der Waals surface area contributed by atoms with E-state index in [9.17, 15) is 10.2 Å². The Morgan fingerprint density at radius 3 is 2.85 bits per heavy atom. The number of piperidine rings is 1. The van der Waals surface area contributed by atoms with Crippen molar-refractivity contribution in [2.24, 2.45) is 5.92 Å². The van der Waals surface area contributed by atoms with Crippen LogP contribution in [-0.4, -0.2) is 62.6 Å². The third-order valence-electron chi connectivity index (χ3n) is 5.16. The van der Waals surface area contributed by atoms with E-state index in [-0.39, 0.29) is 19.3 Å². The van der Waals surface area contributed by atoms with Crippen molar-refractivity contribution >= 4 is 11.5 Å². The summed E-state index contributed by atoms with van der Waals surface area (Å²) in [6.45, 7) is 1.38. The number of ether oxygens (including phenoxy) is 2. The van der Waals surface area contributed by atoms with Crippen molar-refractivity contribution in [3.63, 3.8) is 0 Å². The van der Waals surface area contributed by atoms with Crippen molar-refractivity contribution in [2.45, 2.75) is 12.5 Å². The molecule has 0 bridgehead atoms. The first-order valence-electron chi connectivity index (χ1n) is 8.89. The average Bonchev–Trinajstić information content (AvgIpc) is 3.33. The Hall–Kier alpha value is -2.91. The van der Waals surface area contributed by atoms with Gasteiger partial charge in [0.25, 0.3) is 0 Å². The molecule has 0 spiro atoms. The molecule has 2 aromatic heterocycles. The highest BCUT2D eigenvalue weighted by molar-refractivity contribution is 5.64. The predicted molar refractivity (Wildman–Crippen MR) is 95.8 cm³/mol. The minimum atomic E-state index is -0.574. The van der Waals surface area contributed by atoms with E-state index < -0.39 is 6.10 Å². The first-order chi connectivity index (χ1) is 13.2. The van der Waals surface area contributed by atoms with Crippen LogP contribution in [0.15, 0.2) is 30.3 Å². The van der Waals surface area contributed by atoms with E-state index >= 15 is 0 Å². The van der Waals surface area contributed by atoms with Gasteiger partial charge in [-0.3, -0.25) is 0 Å². The molecule has 2 unspecified atom stereocenters. The molecule has 1 saturated heterocycles. The average molecular weight is 369 g/mol. The van der Waals surface area contributed by atoms with Gasteiger partial charge < -0.3 is 24.6 Å². The molecule has 2 atom stereocenters. The van der Waals surface area contributed by atoms with Gasteiger partial charge in [0.05, 0.1) is 6.10 Å². The van der Waals surface area contributed by atoms with E-state index in [1.165, 1.54) is 0 Å². The zero-order valence-electron chi connectivity index (χ0n) is 14.5. The maximum absolute atomic E-state index is 10.2. The molecule has 1 fully saturated rings. The van der Waals surface area contributed by atoms with Gasteiger partial charge in [0.2, 0.25) is 6.79 Å². The summed E-state index contributed by atoms with van der Waals surface area (Å²) in [5.41, 5.74) is 1.47. The summed E-state index contributed by atoms with van der Waals surface area (Å²) in [6, 6.07) is 9.34. The van der Waals surface area contributed by atoms with Crippen LogP contribution in [0.25, 0.3) is 17.0 Å². The molecule has 0 saturated carbocycles. The fourth-order valence-electron chi connectivity index (χ4n) is 3.56. The van der Waals surface area contributed by atoms with Crippen molar-refractivity contribution < 1.29 is 19.7 Å². The zero-order chi connectivity index (χ0) is 18.4. The number of hydrogen-bond acceptors (Lipinski definition) is 8. The maximum atomic E-state index is 10.2. The highest BCUT2D eigenvalue weighted by Gasteiger charge is 2.28. The van der Waals surface area contributed by atoms with Crippen molar-refractivity contribution in [2.75, 3.05) is 31.4 Å². The van der Waals surface area contributed by atoms with E-state index in [1.54, 1.807) is 4.52 Å². The molecular formula is C18H19N5O4. The fourth-order valence-corrected chi connectivity index (χ4v) is 3.56. The van der Waals surface area contributed by atoms with Crippen molar-refractivity contribution in [1.29, 1.82) is 0 Å². The van der Waals surface area contributed by atoms with Crippen molar-refractivity contribution in [1.82, 2.24) is 19.8 Å². The number of β-amino-alcohol motifs (C(OH)–C–C–N with tert-alkyl or cyclic N) is 1. The second kappa shape index (κ2) is 6.36. The van der Waals surface area contributed by atoms with E-state index in [0.29, 0.717) is 35.9 Å². The summed E-state index contributed by atoms with van der Waals surface area (Å²) in [4.78, 5) is 2.01. The van der Waals surface area contributed by atoms with Crippen LogP contribution < -0.4 is 14.4 Å². The molecule has 5 rings (SSSR count). The Morgan fingerprint density at radius 2 is 2.00 bits per heavy atom. The Labute approximate surface area is 154 Å². The molecule has 27 heavy (non-hydrogen) atoms. The summed E-state index contributed by atoms with van der Waals surface area (Å²) < 4.78 is 12.5. The van der Waals surface area contributed by atoms with Gasteiger partial charge in [-0.2, -0.15) is 4.52 Å². The Bertz CT molecular complexity index is 991. The van der Waals surface area contributed by atoms with Gasteiger partial charge in [0.1, 0.15) is 5.82 Å². The molecule has 0 aliphatic carbocycles. The minimum absolute atomic E-state index is 0.00116. The summed E-state index contributed by atoms with van der Waals surface area (Å²) in [7, 11) is 0. The lowest BCUT2D eigenvalue weighted by atomic mass is 9.95. The van der Waals surface area contributed by atoms with Crippen LogP contribution in [0.5, 0.6) is 11.5 Å². The second-order valence-corrected chi connectivity index (χ2v) is 6.80. The summed E-state index contributed by atoms with van der Waals surface area (Å²) in [5, 5.41) is 32.7. The lowest BCUT2D eigenvalue weighted by molar-refractivity contribution is 0.0545. The molecule has 0 amide bonds. The van der Waals surface area contributed by atoms with Crippen molar-refractivity contribution in [3.8, 4) is 22.9 Å². The number of aliphatic hydroxyl groups is 2. The monoisotopic (exact) mass is 369 g/mol. The molecule has 3 aromatic rings. The maximum Gasteiger partial charge on any atom is 0.231 e. The highest BCUT2D eigenvalue weighted by Crippen LogP contribution is 2.35. The van der Waals surface area contributed by atoms with E-state index in [2.05, 4.69) is 15.3 Å². The number of aromatic nitrogens is 4. The lowest BCUT2D eigenvalue weighted by Gasteiger charge is -2.35. The molecule has 9 nitrogen and oxygen atoms in total. The number of rotatable bonds is 3. The standard InChI is InChI=1S/C18H19N5O4/c24-9-12-5-6-22(8-13(12)25)17-4-3-16-19-20-18(23(16)21-17)11-1-2-14-15(7-11)27-10-26-14/h1-4,7,12-13,24-25H,5-6,8-10H2. The van der Waals surface area contributed by atoms with Gasteiger partial charge >= 0.3 is 0 Å². The smallest absolute Gasteiger partial charge is 0.231 e. The zero-order valence-corrected chi connectivity index (χ0v) is 14.5. The van der Waals surface area contributed by atoms with Crippen LogP contribution in [0.1, 0.15) is 6.42 Å². The highest BCUT2D eigenvalue weighted by atomic mass is 16.7. The van der Waals surface area contributed by atoms with Gasteiger partial charge in [0, 0.05) is 31.2 Å². The fraction of sp³-hybridized carbons (Fsp3) is 0.389. The molecular weight excluding hydrogens is 350 g/mol. The van der Waals surface area contributed by atoms with Gasteiger partial charge in [-0.1, -0.05) is 0 Å². The lowest BCUT2D eigenvalue weighted by Crippen LogP contribution is -2.45. The molecule has 2 N–H and O–H groups in total. The van der Waals surface area contributed by atoms with Crippen LogP contribution in [0.4, 0.5) is 5.82 Å². The molecule has 2 aliphatic rings. The summed E-state index contributed by atoms with van der Waals surface area (Å²) in [6.07, 6.45) is 0.143. The number of benzene rings is 1. The van der Waals surface area contributed by atoms with Crippen LogP contribution in [0.3, 0.4) is 0 Å². The van der Waals surface area contributed by atoms with Gasteiger partial charge in [-0.15, -0.1) is 15.3 Å². The molecule has 2 aliphatic heterocycles. The third-order valence-corrected chi connectivity index (χ3v) is 5.16. The minimum Gasteiger partial charge on any atom is -0.454 e. The molecule has 1 aromatic carbocycles. The number of nitrogens with zero attached hydrogens (tertiary/aromatic N) is 5. The normalized spacial score (nSPS) is 21.8. The predicted octanol–water partition coefficient (Wildman–Crippen LogP) is 0.699. The van der Waals surface area contributed by atoms with Crippen LogP contribution in [0.2, 0.25) is 0 Å². The topological polar surface area (TPSA) is 105 Å². The largest absolute Gasteiger partial charge is 0.454 e. The van der Waals surface area contributed by atoms with E-state index in [1.807, 2.05) is 35.2 Å². The Balaban J connectivity index is 1.50. The van der Waals surface area contributed by atoms with Crippen LogP contribution >= 0.6 is 0 Å². The second-order valence-electron chi connectivity index (χ2n) is 6.80. The summed E-state index contributed by atoms with van der Waals surface area (Å²) in [5.74, 6) is 2.65. The number of hydrogen-bond donors (Lipinski definition) is 2. The quantitative estimate of drug-likeness (QED) is 0.695. The van der Waals surface area contributed by atoms with E-state index in [0.717, 1.165) is 17.9 Å². The van der Waals surface area contributed by atoms with Crippen molar-refractivity contribution in [3.05, 3.63) is 30.3 Å². The molecule has 4 heterocycles.